The van der Waals surface area contributed by atoms with E-state index in [-0.39, 0.29) is 0 Å². The van der Waals surface area contributed by atoms with Gasteiger partial charge in [0.1, 0.15) is 18.1 Å². The summed E-state index contributed by atoms with van der Waals surface area (Å²) in [6.07, 6.45) is 4.56. The molecule has 0 aromatic heterocycles. The maximum atomic E-state index is 9.84. The number of aromatic hydroxyl groups is 1. The van der Waals surface area contributed by atoms with Crippen LogP contribution in [0.15, 0.2) is 72.8 Å². The van der Waals surface area contributed by atoms with Gasteiger partial charge in [-0.15, -0.1) is 0 Å². The molecule has 0 aliphatic heterocycles. The van der Waals surface area contributed by atoms with Gasteiger partial charge >= 0.3 is 0 Å². The van der Waals surface area contributed by atoms with Crippen LogP contribution in [-0.4, -0.2) is 37.3 Å². The lowest BCUT2D eigenvalue weighted by molar-refractivity contribution is 0.261. The highest BCUT2D eigenvalue weighted by atomic mass is 16.5. The fourth-order valence-electron chi connectivity index (χ4n) is 4.25. The molecule has 1 aliphatic rings. The van der Waals surface area contributed by atoms with E-state index in [1.807, 2.05) is 26.2 Å². The number of allylic oxidation sites excluding steroid dienone is 1. The molecule has 0 unspecified atom stereocenters. The normalized spacial score (nSPS) is 15.3. The third kappa shape index (κ3) is 5.18. The van der Waals surface area contributed by atoms with Crippen LogP contribution in [0.1, 0.15) is 41.5 Å². The first kappa shape index (κ1) is 21.2. The Balaban J connectivity index is 1.78. The van der Waals surface area contributed by atoms with Crippen molar-refractivity contribution in [2.75, 3.05) is 27.2 Å². The molecule has 0 saturated heterocycles. The second-order valence-corrected chi connectivity index (χ2v) is 8.44. The summed E-state index contributed by atoms with van der Waals surface area (Å²) in [7, 11) is 4.10. The van der Waals surface area contributed by atoms with Crippen molar-refractivity contribution in [3.8, 4) is 11.5 Å². The number of phenols is 1. The Kier molecular flexibility index (Phi) is 6.73. The lowest BCUT2D eigenvalue weighted by atomic mass is 9.86. The van der Waals surface area contributed by atoms with Crippen molar-refractivity contribution >= 4 is 11.1 Å². The quantitative estimate of drug-likeness (QED) is 0.502. The minimum atomic E-state index is 0.291. The van der Waals surface area contributed by atoms with E-state index in [9.17, 15) is 5.11 Å². The zero-order valence-electron chi connectivity index (χ0n) is 18.5. The van der Waals surface area contributed by atoms with Crippen molar-refractivity contribution in [3.63, 3.8) is 0 Å². The van der Waals surface area contributed by atoms with Crippen molar-refractivity contribution in [1.82, 2.24) is 4.90 Å². The predicted molar refractivity (Wildman–Crippen MR) is 129 cm³/mol. The van der Waals surface area contributed by atoms with Crippen molar-refractivity contribution in [1.29, 1.82) is 0 Å². The third-order valence-corrected chi connectivity index (χ3v) is 5.87. The fourth-order valence-corrected chi connectivity index (χ4v) is 4.25. The van der Waals surface area contributed by atoms with Crippen LogP contribution in [0.25, 0.3) is 11.1 Å². The maximum Gasteiger partial charge on any atom is 0.119 e. The lowest BCUT2D eigenvalue weighted by Crippen LogP contribution is -2.19. The average molecular weight is 414 g/mol. The van der Waals surface area contributed by atoms with Gasteiger partial charge in [0.2, 0.25) is 0 Å². The van der Waals surface area contributed by atoms with Crippen LogP contribution in [0.4, 0.5) is 0 Å². The molecule has 3 aromatic rings. The van der Waals surface area contributed by atoms with Crippen molar-refractivity contribution < 1.29 is 9.84 Å². The van der Waals surface area contributed by atoms with E-state index in [0.29, 0.717) is 12.4 Å². The molecule has 31 heavy (non-hydrogen) atoms. The average Bonchev–Trinajstić information content (AvgIpc) is 2.99. The molecule has 0 saturated carbocycles. The van der Waals surface area contributed by atoms with E-state index in [2.05, 4.69) is 53.4 Å². The third-order valence-electron chi connectivity index (χ3n) is 5.87. The van der Waals surface area contributed by atoms with E-state index in [4.69, 9.17) is 4.74 Å². The summed E-state index contributed by atoms with van der Waals surface area (Å²) in [6, 6.07) is 24.8. The smallest absolute Gasteiger partial charge is 0.119 e. The van der Waals surface area contributed by atoms with Gasteiger partial charge < -0.3 is 14.7 Å². The summed E-state index contributed by atoms with van der Waals surface area (Å²) in [5.74, 6) is 1.18. The molecule has 0 amide bonds. The van der Waals surface area contributed by atoms with E-state index >= 15 is 0 Å². The van der Waals surface area contributed by atoms with Crippen LogP contribution in [0.5, 0.6) is 11.5 Å². The molecule has 1 aliphatic carbocycles. The molecule has 3 aromatic carbocycles. The summed E-state index contributed by atoms with van der Waals surface area (Å²) in [5.41, 5.74) is 7.72. The number of hydrogen-bond donors (Lipinski definition) is 1. The summed E-state index contributed by atoms with van der Waals surface area (Å²) in [4.78, 5) is 2.12. The van der Waals surface area contributed by atoms with E-state index < -0.39 is 0 Å². The maximum absolute atomic E-state index is 9.84. The standard InChI is InChI=1S/C28H31NO2/c1-29(2)19-20-31-25-17-13-23(14-18-25)28(22-11-15-24(30)16-12-22)27-10-6-4-8-21-7-3-5-9-26(21)27/h3,5,7,9,11-18,30H,4,6,8,10,19-20H2,1-2H3. The zero-order chi connectivity index (χ0) is 21.6. The SMILES string of the molecule is CN(C)CCOc1ccc(C(=C2CCCCc3ccccc32)c2ccc(O)cc2)cc1. The molecule has 0 atom stereocenters. The number of aryl methyl sites for hydroxylation is 1. The van der Waals surface area contributed by atoms with Gasteiger partial charge in [0, 0.05) is 6.54 Å². The molecule has 1 N–H and O–H groups in total. The zero-order valence-corrected chi connectivity index (χ0v) is 18.5. The van der Waals surface area contributed by atoms with Crippen molar-refractivity contribution in [2.45, 2.75) is 25.7 Å². The molecular formula is C28H31NO2. The van der Waals surface area contributed by atoms with Gasteiger partial charge in [0.25, 0.3) is 0 Å². The highest BCUT2D eigenvalue weighted by Gasteiger charge is 2.19. The largest absolute Gasteiger partial charge is 0.508 e. The minimum Gasteiger partial charge on any atom is -0.508 e. The van der Waals surface area contributed by atoms with Gasteiger partial charge in [-0.1, -0.05) is 48.5 Å². The van der Waals surface area contributed by atoms with Crippen molar-refractivity contribution in [3.05, 3.63) is 95.1 Å². The summed E-state index contributed by atoms with van der Waals surface area (Å²) in [5, 5.41) is 9.84. The summed E-state index contributed by atoms with van der Waals surface area (Å²) < 4.78 is 5.90. The van der Waals surface area contributed by atoms with Crippen LogP contribution >= 0.6 is 0 Å². The monoisotopic (exact) mass is 413 g/mol. The molecule has 3 nitrogen and oxygen atoms in total. The van der Waals surface area contributed by atoms with Crippen molar-refractivity contribution in [2.24, 2.45) is 0 Å². The Morgan fingerprint density at radius 2 is 1.48 bits per heavy atom. The van der Waals surface area contributed by atoms with Gasteiger partial charge in [0.05, 0.1) is 0 Å². The Bertz CT molecular complexity index is 1030. The highest BCUT2D eigenvalue weighted by Crippen LogP contribution is 2.39. The highest BCUT2D eigenvalue weighted by molar-refractivity contribution is 5.99. The summed E-state index contributed by atoms with van der Waals surface area (Å²) >= 11 is 0. The molecular weight excluding hydrogens is 382 g/mol. The number of rotatable bonds is 6. The topological polar surface area (TPSA) is 32.7 Å². The number of benzene rings is 3. The van der Waals surface area contributed by atoms with E-state index in [0.717, 1.165) is 30.7 Å². The first-order valence-electron chi connectivity index (χ1n) is 11.1. The van der Waals surface area contributed by atoms with Gasteiger partial charge in [-0.2, -0.15) is 0 Å². The number of phenolic OH excluding ortho intramolecular Hbond substituents is 1. The first-order chi connectivity index (χ1) is 15.1. The Labute approximate surface area is 185 Å². The van der Waals surface area contributed by atoms with Gasteiger partial charge in [-0.05, 0) is 97.4 Å². The minimum absolute atomic E-state index is 0.291. The number of fused-ring (bicyclic) bond motifs is 1. The molecule has 4 rings (SSSR count). The molecule has 0 fully saturated rings. The molecule has 0 spiro atoms. The number of hydrogen-bond acceptors (Lipinski definition) is 3. The second-order valence-electron chi connectivity index (χ2n) is 8.44. The Hall–Kier alpha value is -3.04. The van der Waals surface area contributed by atoms with Crippen LogP contribution in [-0.2, 0) is 6.42 Å². The molecule has 0 heterocycles. The second kappa shape index (κ2) is 9.84. The van der Waals surface area contributed by atoms with E-state index in [1.165, 1.54) is 40.7 Å². The van der Waals surface area contributed by atoms with Crippen LogP contribution < -0.4 is 4.74 Å². The van der Waals surface area contributed by atoms with Gasteiger partial charge in [-0.25, -0.2) is 0 Å². The van der Waals surface area contributed by atoms with E-state index in [1.54, 1.807) is 12.1 Å². The predicted octanol–water partition coefficient (Wildman–Crippen LogP) is 6.02. The number of likely N-dealkylation sites (N-methyl/N-ethyl adjacent to an activating group) is 1. The fraction of sp³-hybridized carbons (Fsp3) is 0.286. The lowest BCUT2D eigenvalue weighted by Gasteiger charge is -2.18. The van der Waals surface area contributed by atoms with Crippen LogP contribution in [0.3, 0.4) is 0 Å². The molecule has 0 bridgehead atoms. The molecule has 0 radical (unpaired) electrons. The Morgan fingerprint density at radius 1 is 0.839 bits per heavy atom. The number of ether oxygens (including phenoxy) is 1. The first-order valence-corrected chi connectivity index (χ1v) is 11.1. The molecule has 3 heteroatoms. The van der Waals surface area contributed by atoms with Gasteiger partial charge in [0.15, 0.2) is 0 Å². The molecule has 160 valence electrons. The van der Waals surface area contributed by atoms with Crippen LogP contribution in [0, 0.1) is 0 Å². The van der Waals surface area contributed by atoms with Gasteiger partial charge in [-0.3, -0.25) is 0 Å². The Morgan fingerprint density at radius 3 is 2.19 bits per heavy atom. The summed E-state index contributed by atoms with van der Waals surface area (Å²) in [6.45, 7) is 1.56. The van der Waals surface area contributed by atoms with Crippen LogP contribution in [0.2, 0.25) is 0 Å². The number of nitrogens with zero attached hydrogens (tertiary/aromatic N) is 1.